The third kappa shape index (κ3) is 4.24. The fourth-order valence-electron chi connectivity index (χ4n) is 1.97. The Bertz CT molecular complexity index is 462. The molecule has 3 N–H and O–H groups in total. The average molecular weight is 312 g/mol. The predicted octanol–water partition coefficient (Wildman–Crippen LogP) is 2.71. The van der Waals surface area contributed by atoms with E-state index < -0.39 is 0 Å². The Morgan fingerprint density at radius 1 is 1.50 bits per heavy atom. The Morgan fingerprint density at radius 3 is 3.05 bits per heavy atom. The van der Waals surface area contributed by atoms with Crippen LogP contribution in [-0.2, 0) is 4.74 Å². The van der Waals surface area contributed by atoms with Gasteiger partial charge in [-0.1, -0.05) is 0 Å². The van der Waals surface area contributed by atoms with Gasteiger partial charge in [0.25, 0.3) is 0 Å². The largest absolute Gasteiger partial charge is 0.462 e. The SMILES string of the molecule is CCOC(=O)c1cc(N)ccc1NCC1CSCCS1. The lowest BCUT2D eigenvalue weighted by molar-refractivity contribution is 0.0527. The summed E-state index contributed by atoms with van der Waals surface area (Å²) in [4.78, 5) is 11.9. The summed E-state index contributed by atoms with van der Waals surface area (Å²) in [5.74, 6) is 3.26. The van der Waals surface area contributed by atoms with Crippen LogP contribution in [0.3, 0.4) is 0 Å². The Morgan fingerprint density at radius 2 is 2.35 bits per heavy atom. The van der Waals surface area contributed by atoms with Crippen molar-refractivity contribution < 1.29 is 9.53 Å². The zero-order chi connectivity index (χ0) is 14.4. The van der Waals surface area contributed by atoms with Gasteiger partial charge in [-0.25, -0.2) is 4.79 Å². The van der Waals surface area contributed by atoms with Crippen LogP contribution in [0.15, 0.2) is 18.2 Å². The molecule has 1 aliphatic rings. The number of thioether (sulfide) groups is 2. The summed E-state index contributed by atoms with van der Waals surface area (Å²) in [6.07, 6.45) is 0. The molecule has 4 nitrogen and oxygen atoms in total. The van der Waals surface area contributed by atoms with Gasteiger partial charge in [-0.3, -0.25) is 0 Å². The van der Waals surface area contributed by atoms with Gasteiger partial charge in [-0.2, -0.15) is 23.5 Å². The summed E-state index contributed by atoms with van der Waals surface area (Å²) in [6, 6.07) is 5.32. The first kappa shape index (κ1) is 15.4. The molecule has 0 amide bonds. The van der Waals surface area contributed by atoms with Crippen molar-refractivity contribution in [3.63, 3.8) is 0 Å². The van der Waals surface area contributed by atoms with Crippen LogP contribution in [0.1, 0.15) is 17.3 Å². The molecule has 1 heterocycles. The summed E-state index contributed by atoms with van der Waals surface area (Å²) in [6.45, 7) is 3.02. The third-order valence-corrected chi connectivity index (χ3v) is 5.79. The highest BCUT2D eigenvalue weighted by molar-refractivity contribution is 8.06. The molecule has 1 atom stereocenters. The number of esters is 1. The van der Waals surface area contributed by atoms with Gasteiger partial charge >= 0.3 is 5.97 Å². The molecule has 1 unspecified atom stereocenters. The first-order valence-electron chi connectivity index (χ1n) is 6.70. The number of carbonyl (C=O) groups is 1. The maximum atomic E-state index is 11.9. The van der Waals surface area contributed by atoms with E-state index in [1.807, 2.05) is 29.6 Å². The molecule has 0 aliphatic carbocycles. The Labute approximate surface area is 128 Å². The molecule has 0 aromatic heterocycles. The van der Waals surface area contributed by atoms with E-state index in [1.54, 1.807) is 19.1 Å². The van der Waals surface area contributed by atoms with Gasteiger partial charge in [0, 0.05) is 40.4 Å². The molecule has 1 aromatic carbocycles. The molecule has 1 saturated heterocycles. The number of carbonyl (C=O) groups excluding carboxylic acids is 1. The number of rotatable bonds is 5. The Balaban J connectivity index is 2.03. The number of hydrogen-bond acceptors (Lipinski definition) is 6. The van der Waals surface area contributed by atoms with E-state index in [1.165, 1.54) is 11.5 Å². The first-order chi connectivity index (χ1) is 9.70. The third-order valence-electron chi connectivity index (χ3n) is 2.94. The summed E-state index contributed by atoms with van der Waals surface area (Å²) in [5, 5.41) is 3.94. The molecular weight excluding hydrogens is 292 g/mol. The Hall–Kier alpha value is -1.01. The number of nitrogens with one attached hydrogen (secondary N) is 1. The lowest BCUT2D eigenvalue weighted by Crippen LogP contribution is -2.24. The topological polar surface area (TPSA) is 64.3 Å². The van der Waals surface area contributed by atoms with Crippen molar-refractivity contribution in [1.82, 2.24) is 0 Å². The molecule has 20 heavy (non-hydrogen) atoms. The van der Waals surface area contributed by atoms with Gasteiger partial charge < -0.3 is 15.8 Å². The highest BCUT2D eigenvalue weighted by Crippen LogP contribution is 2.26. The summed E-state index contributed by atoms with van der Waals surface area (Å²) < 4.78 is 5.07. The zero-order valence-electron chi connectivity index (χ0n) is 11.6. The zero-order valence-corrected chi connectivity index (χ0v) is 13.2. The number of hydrogen-bond donors (Lipinski definition) is 2. The van der Waals surface area contributed by atoms with E-state index in [-0.39, 0.29) is 5.97 Å². The Kier molecular flexibility index (Phi) is 5.91. The maximum absolute atomic E-state index is 11.9. The number of anilines is 2. The molecule has 1 aromatic rings. The van der Waals surface area contributed by atoms with E-state index in [0.717, 1.165) is 18.0 Å². The van der Waals surface area contributed by atoms with Gasteiger partial charge in [-0.05, 0) is 25.1 Å². The van der Waals surface area contributed by atoms with Crippen molar-refractivity contribution in [3.8, 4) is 0 Å². The van der Waals surface area contributed by atoms with Crippen LogP contribution in [0.2, 0.25) is 0 Å². The van der Waals surface area contributed by atoms with Crippen molar-refractivity contribution in [2.24, 2.45) is 0 Å². The van der Waals surface area contributed by atoms with Crippen LogP contribution in [0.5, 0.6) is 0 Å². The van der Waals surface area contributed by atoms with Crippen LogP contribution >= 0.6 is 23.5 Å². The number of nitrogen functional groups attached to an aromatic ring is 1. The molecule has 2 rings (SSSR count). The molecule has 110 valence electrons. The number of benzene rings is 1. The van der Waals surface area contributed by atoms with Gasteiger partial charge in [-0.15, -0.1) is 0 Å². The van der Waals surface area contributed by atoms with Crippen LogP contribution in [-0.4, -0.2) is 41.6 Å². The number of ether oxygens (including phenoxy) is 1. The predicted molar refractivity (Wildman–Crippen MR) is 88.9 cm³/mol. The lowest BCUT2D eigenvalue weighted by atomic mass is 10.1. The lowest BCUT2D eigenvalue weighted by Gasteiger charge is -2.22. The standard InChI is InChI=1S/C14H20N2O2S2/c1-2-18-14(17)12-7-10(15)3-4-13(12)16-8-11-9-19-5-6-20-11/h3-4,7,11,16H,2,5-6,8-9,15H2,1H3. The van der Waals surface area contributed by atoms with Gasteiger partial charge in [0.05, 0.1) is 12.2 Å². The van der Waals surface area contributed by atoms with Gasteiger partial charge in [0.1, 0.15) is 0 Å². The maximum Gasteiger partial charge on any atom is 0.340 e. The summed E-state index contributed by atoms with van der Waals surface area (Å²) in [7, 11) is 0. The number of nitrogens with two attached hydrogens (primary N) is 1. The van der Waals surface area contributed by atoms with E-state index in [9.17, 15) is 4.79 Å². The minimum Gasteiger partial charge on any atom is -0.462 e. The second-order valence-corrected chi connectivity index (χ2v) is 7.03. The minimum absolute atomic E-state index is 0.326. The molecule has 0 spiro atoms. The molecule has 0 radical (unpaired) electrons. The molecule has 1 fully saturated rings. The summed E-state index contributed by atoms with van der Waals surface area (Å²) in [5.41, 5.74) is 7.64. The fraction of sp³-hybridized carbons (Fsp3) is 0.500. The smallest absolute Gasteiger partial charge is 0.340 e. The first-order valence-corrected chi connectivity index (χ1v) is 8.91. The van der Waals surface area contributed by atoms with Gasteiger partial charge in [0.2, 0.25) is 0 Å². The summed E-state index contributed by atoms with van der Waals surface area (Å²) >= 11 is 3.97. The molecule has 0 saturated carbocycles. The van der Waals surface area contributed by atoms with Crippen molar-refractivity contribution in [2.45, 2.75) is 12.2 Å². The van der Waals surface area contributed by atoms with Crippen LogP contribution in [0.25, 0.3) is 0 Å². The quantitative estimate of drug-likeness (QED) is 0.644. The van der Waals surface area contributed by atoms with Crippen molar-refractivity contribution in [2.75, 3.05) is 41.5 Å². The van der Waals surface area contributed by atoms with E-state index in [2.05, 4.69) is 5.32 Å². The highest BCUT2D eigenvalue weighted by Gasteiger charge is 2.17. The molecule has 6 heteroatoms. The van der Waals surface area contributed by atoms with E-state index >= 15 is 0 Å². The van der Waals surface area contributed by atoms with Crippen LogP contribution in [0.4, 0.5) is 11.4 Å². The second kappa shape index (κ2) is 7.69. The monoisotopic (exact) mass is 312 g/mol. The molecule has 0 bridgehead atoms. The van der Waals surface area contributed by atoms with E-state index in [4.69, 9.17) is 10.5 Å². The molecular formula is C14H20N2O2S2. The normalized spacial score (nSPS) is 18.6. The van der Waals surface area contributed by atoms with Crippen molar-refractivity contribution in [1.29, 1.82) is 0 Å². The fourth-order valence-corrected chi connectivity index (χ4v) is 4.58. The second-order valence-electron chi connectivity index (χ2n) is 4.47. The van der Waals surface area contributed by atoms with Gasteiger partial charge in [0.15, 0.2) is 0 Å². The highest BCUT2D eigenvalue weighted by atomic mass is 32.2. The van der Waals surface area contributed by atoms with Crippen molar-refractivity contribution >= 4 is 40.9 Å². The van der Waals surface area contributed by atoms with Crippen molar-refractivity contribution in [3.05, 3.63) is 23.8 Å². The molecule has 1 aliphatic heterocycles. The van der Waals surface area contributed by atoms with Crippen LogP contribution in [0, 0.1) is 0 Å². The van der Waals surface area contributed by atoms with Crippen LogP contribution < -0.4 is 11.1 Å². The minimum atomic E-state index is -0.326. The van der Waals surface area contributed by atoms with E-state index in [0.29, 0.717) is 23.1 Å². The average Bonchev–Trinajstić information content (AvgIpc) is 2.47.